The number of halogens is 1. The summed E-state index contributed by atoms with van der Waals surface area (Å²) in [5.41, 5.74) is 8.28. The largest absolute Gasteiger partial charge is 0.369 e. The van der Waals surface area contributed by atoms with Crippen LogP contribution in [-0.4, -0.2) is 71.7 Å². The lowest BCUT2D eigenvalue weighted by Gasteiger charge is -2.34. The fourth-order valence-electron chi connectivity index (χ4n) is 6.45. The number of nitrogens with two attached hydrogens (primary N) is 1. The van der Waals surface area contributed by atoms with Crippen molar-refractivity contribution in [2.24, 2.45) is 5.73 Å². The first kappa shape index (κ1) is 28.3. The molecule has 0 bridgehead atoms. The van der Waals surface area contributed by atoms with Gasteiger partial charge in [-0.05, 0) is 86.0 Å². The van der Waals surface area contributed by atoms with Gasteiger partial charge in [0, 0.05) is 56.8 Å². The summed E-state index contributed by atoms with van der Waals surface area (Å²) in [5.74, 6) is 0.140. The van der Waals surface area contributed by atoms with Crippen LogP contribution in [0.3, 0.4) is 0 Å². The number of piperazine rings is 1. The normalized spacial score (nSPS) is 19.4. The number of rotatable bonds is 7. The third-order valence-electron chi connectivity index (χ3n) is 9.16. The molecular formula is C33H37FN8O2. The number of likely N-dealkylation sites (N-methyl/N-ethyl adjacent to an activating group) is 1. The van der Waals surface area contributed by atoms with E-state index in [-0.39, 0.29) is 28.5 Å². The maximum absolute atomic E-state index is 15.2. The number of nitrogens with one attached hydrogen (secondary N) is 1. The molecule has 0 unspecified atom stereocenters. The van der Waals surface area contributed by atoms with Gasteiger partial charge >= 0.3 is 0 Å². The molecule has 44 heavy (non-hydrogen) atoms. The van der Waals surface area contributed by atoms with E-state index in [1.54, 1.807) is 17.0 Å². The summed E-state index contributed by atoms with van der Waals surface area (Å²) in [6.45, 7) is 5.20. The molecule has 7 rings (SSSR count). The predicted octanol–water partition coefficient (Wildman–Crippen LogP) is 4.24. The maximum Gasteiger partial charge on any atom is 0.271 e. The molecule has 1 amide bonds. The number of primary amides is 1. The number of carbonyl (C=O) groups is 1. The summed E-state index contributed by atoms with van der Waals surface area (Å²) >= 11 is 0. The van der Waals surface area contributed by atoms with E-state index in [1.165, 1.54) is 6.07 Å². The molecule has 3 fully saturated rings. The smallest absolute Gasteiger partial charge is 0.271 e. The van der Waals surface area contributed by atoms with Crippen molar-refractivity contribution < 1.29 is 9.18 Å². The van der Waals surface area contributed by atoms with Gasteiger partial charge in [-0.25, -0.2) is 14.4 Å². The van der Waals surface area contributed by atoms with Gasteiger partial charge in [-0.1, -0.05) is 6.07 Å². The monoisotopic (exact) mass is 596 g/mol. The zero-order chi connectivity index (χ0) is 30.4. The van der Waals surface area contributed by atoms with Gasteiger partial charge < -0.3 is 30.3 Å². The summed E-state index contributed by atoms with van der Waals surface area (Å²) in [7, 11) is 2.13. The molecule has 1 atom stereocenters. The number of fused-ring (bicyclic) bond motifs is 1. The first-order valence-electron chi connectivity index (χ1n) is 15.4. The highest BCUT2D eigenvalue weighted by Crippen LogP contribution is 2.41. The second-order valence-electron chi connectivity index (χ2n) is 12.3. The number of aromatic nitrogens is 3. The van der Waals surface area contributed by atoms with Gasteiger partial charge in [0.25, 0.3) is 11.5 Å². The summed E-state index contributed by atoms with van der Waals surface area (Å²) in [6.07, 6.45) is 7.07. The number of hydrogen-bond donors (Lipinski definition) is 2. The Morgan fingerprint density at radius 2 is 1.77 bits per heavy atom. The third kappa shape index (κ3) is 5.59. The number of amides is 1. The lowest BCUT2D eigenvalue weighted by atomic mass is 10.0. The van der Waals surface area contributed by atoms with Crippen LogP contribution in [-0.2, 0) is 0 Å². The Balaban J connectivity index is 1.12. The molecule has 4 heterocycles. The number of piperidine rings is 1. The maximum atomic E-state index is 15.2. The minimum Gasteiger partial charge on any atom is -0.369 e. The van der Waals surface area contributed by atoms with Gasteiger partial charge in [0.2, 0.25) is 0 Å². The molecule has 1 aliphatic carbocycles. The molecule has 3 aliphatic rings. The van der Waals surface area contributed by atoms with Crippen LogP contribution in [0.25, 0.3) is 10.8 Å². The van der Waals surface area contributed by atoms with Gasteiger partial charge in [0.1, 0.15) is 11.6 Å². The molecule has 0 spiro atoms. The molecule has 2 saturated heterocycles. The van der Waals surface area contributed by atoms with Crippen molar-refractivity contribution in [1.82, 2.24) is 19.4 Å². The number of anilines is 4. The molecule has 0 radical (unpaired) electrons. The van der Waals surface area contributed by atoms with E-state index in [2.05, 4.69) is 44.2 Å². The molecule has 2 aromatic carbocycles. The second kappa shape index (κ2) is 11.5. The van der Waals surface area contributed by atoms with Crippen LogP contribution in [0.2, 0.25) is 0 Å². The van der Waals surface area contributed by atoms with E-state index in [0.29, 0.717) is 30.2 Å². The van der Waals surface area contributed by atoms with E-state index >= 15 is 4.39 Å². The first-order chi connectivity index (χ1) is 21.3. The van der Waals surface area contributed by atoms with Crippen molar-refractivity contribution in [1.29, 1.82) is 0 Å². The number of hydrogen-bond acceptors (Lipinski definition) is 8. The quantitative estimate of drug-likeness (QED) is 0.326. The van der Waals surface area contributed by atoms with Crippen molar-refractivity contribution in [3.05, 3.63) is 82.3 Å². The van der Waals surface area contributed by atoms with Gasteiger partial charge in [-0.2, -0.15) is 0 Å². The van der Waals surface area contributed by atoms with Crippen LogP contribution in [0.5, 0.6) is 0 Å². The van der Waals surface area contributed by atoms with Crippen molar-refractivity contribution >= 4 is 39.7 Å². The summed E-state index contributed by atoms with van der Waals surface area (Å²) in [4.78, 5) is 41.6. The molecule has 3 N–H and O–H groups in total. The predicted molar refractivity (Wildman–Crippen MR) is 171 cm³/mol. The van der Waals surface area contributed by atoms with Gasteiger partial charge in [0.15, 0.2) is 11.5 Å². The van der Waals surface area contributed by atoms with Crippen LogP contribution < -0.4 is 26.4 Å². The fraction of sp³-hybridized carbons (Fsp3) is 0.394. The second-order valence-corrected chi connectivity index (χ2v) is 12.3. The van der Waals surface area contributed by atoms with Crippen LogP contribution in [0.1, 0.15) is 53.7 Å². The number of nitrogens with zero attached hydrogens (tertiary/aromatic N) is 6. The molecule has 1 saturated carbocycles. The highest BCUT2D eigenvalue weighted by atomic mass is 19.1. The summed E-state index contributed by atoms with van der Waals surface area (Å²) in [5, 5.41) is 4.04. The Hall–Kier alpha value is -4.51. The Morgan fingerprint density at radius 1 is 1.00 bits per heavy atom. The SMILES string of the molecule is CN1CCN(c2ccc(Nc3nc(N4CCC[C@@H](n5ccc6cc(C7CC7)cc(F)c6c5=O)C4)cnc3C(N)=O)cc2)CC1. The number of carbonyl (C=O) groups excluding carboxylic acids is 1. The topological polar surface area (TPSA) is 113 Å². The minimum atomic E-state index is -0.674. The molecule has 11 heteroatoms. The summed E-state index contributed by atoms with van der Waals surface area (Å²) in [6, 6.07) is 13.2. The van der Waals surface area contributed by atoms with Crippen molar-refractivity contribution in [3.8, 4) is 0 Å². The van der Waals surface area contributed by atoms with Crippen molar-refractivity contribution in [2.75, 3.05) is 61.4 Å². The van der Waals surface area contributed by atoms with Crippen LogP contribution in [0.4, 0.5) is 27.4 Å². The summed E-state index contributed by atoms with van der Waals surface area (Å²) < 4.78 is 16.8. The van der Waals surface area contributed by atoms with E-state index in [4.69, 9.17) is 10.7 Å². The van der Waals surface area contributed by atoms with E-state index < -0.39 is 11.7 Å². The van der Waals surface area contributed by atoms with E-state index in [1.807, 2.05) is 24.3 Å². The molecule has 4 aromatic rings. The molecular weight excluding hydrogens is 559 g/mol. The minimum absolute atomic E-state index is 0.0530. The third-order valence-corrected chi connectivity index (χ3v) is 9.16. The average Bonchev–Trinajstić information content (AvgIpc) is 3.88. The molecule has 2 aliphatic heterocycles. The van der Waals surface area contributed by atoms with Crippen LogP contribution in [0.15, 0.2) is 59.7 Å². The Kier molecular flexibility index (Phi) is 7.41. The number of pyridine rings is 1. The molecule has 2 aromatic heterocycles. The van der Waals surface area contributed by atoms with Gasteiger partial charge in [-0.3, -0.25) is 9.59 Å². The number of benzene rings is 2. The van der Waals surface area contributed by atoms with E-state index in [0.717, 1.165) is 68.8 Å². The standard InChI is InChI=1S/C33H37FN8O2/c1-39-13-15-40(16-14-39)25-8-6-24(7-9-25)37-32-30(31(35)43)36-19-28(38-32)41-11-2-3-26(20-41)42-12-10-22-17-23(21-4-5-21)18-27(34)29(22)33(42)44/h6-10,12,17-19,21,26H,2-5,11,13-16,20H2,1H3,(H2,35,43)(H,37,38)/t26-/m1/s1. The van der Waals surface area contributed by atoms with Gasteiger partial charge in [-0.15, -0.1) is 0 Å². The average molecular weight is 597 g/mol. The van der Waals surface area contributed by atoms with Crippen LogP contribution >= 0.6 is 0 Å². The molecule has 228 valence electrons. The lowest BCUT2D eigenvalue weighted by molar-refractivity contribution is 0.0996. The van der Waals surface area contributed by atoms with Crippen LogP contribution in [0, 0.1) is 5.82 Å². The zero-order valence-corrected chi connectivity index (χ0v) is 24.9. The lowest BCUT2D eigenvalue weighted by Crippen LogP contribution is -2.44. The van der Waals surface area contributed by atoms with Crippen molar-refractivity contribution in [3.63, 3.8) is 0 Å². The zero-order valence-electron chi connectivity index (χ0n) is 24.9. The van der Waals surface area contributed by atoms with E-state index in [9.17, 15) is 9.59 Å². The Labute approximate surface area is 255 Å². The van der Waals surface area contributed by atoms with Crippen molar-refractivity contribution in [2.45, 2.75) is 37.6 Å². The first-order valence-corrected chi connectivity index (χ1v) is 15.4. The van der Waals surface area contributed by atoms with Gasteiger partial charge in [0.05, 0.1) is 17.6 Å². The molecule has 10 nitrogen and oxygen atoms in total. The fourth-order valence-corrected chi connectivity index (χ4v) is 6.45. The highest BCUT2D eigenvalue weighted by molar-refractivity contribution is 5.96. The Bertz CT molecular complexity index is 1760. The highest BCUT2D eigenvalue weighted by Gasteiger charge is 2.28. The Morgan fingerprint density at radius 3 is 2.50 bits per heavy atom.